The van der Waals surface area contributed by atoms with Crippen molar-refractivity contribution in [3.63, 3.8) is 0 Å². The maximum atomic E-state index is 16.1. The average Bonchev–Trinajstić information content (AvgIpc) is 3.71. The van der Waals surface area contributed by atoms with Crippen molar-refractivity contribution in [1.29, 1.82) is 0 Å². The first kappa shape index (κ1) is 38.4. The lowest BCUT2D eigenvalue weighted by Crippen LogP contribution is -2.44. The van der Waals surface area contributed by atoms with E-state index < -0.39 is 41.7 Å². The molecule has 2 N–H and O–H groups in total. The quantitative estimate of drug-likeness (QED) is 0.139. The molecule has 1 aliphatic carbocycles. The summed E-state index contributed by atoms with van der Waals surface area (Å²) in [7, 11) is 3.08. The number of hydrogen-bond acceptors (Lipinski definition) is 7. The first-order valence-electron chi connectivity index (χ1n) is 19.2. The standard InChI is InChI=1S/C41H43F4N7O5/c1-49-37-28(7-4-8-32(37)52(40(49)56)33-13-14-36(53)48-39(33)55)27-15-16-50(20-29(27)42)19-23-9-11-24(12-10-23)30-21-51-22-31(34(57-2)18-35(51)46-30)47-38(54)25-5-3-6-26(17-25)41(43,44)45/h3-8,17-18,21-24,27,29,33H,9-16,19-20H2,1-2H3,(H,47,54)(H,48,53,55)/t23?,24?,27-,29+,33?/m0/s1. The van der Waals surface area contributed by atoms with Crippen LogP contribution in [-0.2, 0) is 22.8 Å². The number of amides is 3. The number of halogens is 4. The number of piperidine rings is 2. The molecule has 1 saturated carbocycles. The van der Waals surface area contributed by atoms with E-state index >= 15 is 4.39 Å². The number of pyridine rings is 1. The summed E-state index contributed by atoms with van der Waals surface area (Å²) in [6.07, 6.45) is 2.50. The van der Waals surface area contributed by atoms with Crippen LogP contribution in [0.15, 0.2) is 65.7 Å². The van der Waals surface area contributed by atoms with Gasteiger partial charge in [-0.1, -0.05) is 18.2 Å². The monoisotopic (exact) mass is 789 g/mol. The van der Waals surface area contributed by atoms with Gasteiger partial charge < -0.3 is 19.4 Å². The number of aryl methyl sites for hydroxylation is 1. The maximum absolute atomic E-state index is 16.1. The Morgan fingerprint density at radius 3 is 2.49 bits per heavy atom. The smallest absolute Gasteiger partial charge is 0.416 e. The van der Waals surface area contributed by atoms with Gasteiger partial charge in [0.25, 0.3) is 5.91 Å². The molecular weight excluding hydrogens is 746 g/mol. The fraction of sp³-hybridized carbons (Fsp3) is 0.439. The molecule has 57 heavy (non-hydrogen) atoms. The second-order valence-electron chi connectivity index (χ2n) is 15.5. The Hall–Kier alpha value is -5.51. The molecule has 12 nitrogen and oxygen atoms in total. The van der Waals surface area contributed by atoms with E-state index in [4.69, 9.17) is 9.72 Å². The number of imidazole rings is 2. The summed E-state index contributed by atoms with van der Waals surface area (Å²) in [6, 6.07) is 10.6. The number of methoxy groups -OCH3 is 1. The van der Waals surface area contributed by atoms with Crippen molar-refractivity contribution in [1.82, 2.24) is 28.7 Å². The van der Waals surface area contributed by atoms with Gasteiger partial charge in [-0.3, -0.25) is 28.8 Å². The maximum Gasteiger partial charge on any atom is 0.416 e. The zero-order chi connectivity index (χ0) is 40.2. The molecule has 5 heterocycles. The lowest BCUT2D eigenvalue weighted by Gasteiger charge is -2.38. The highest BCUT2D eigenvalue weighted by atomic mass is 19.4. The molecule has 2 aliphatic heterocycles. The Bertz CT molecular complexity index is 2430. The largest absolute Gasteiger partial charge is 0.494 e. The summed E-state index contributed by atoms with van der Waals surface area (Å²) >= 11 is 0. The highest BCUT2D eigenvalue weighted by Crippen LogP contribution is 2.40. The summed E-state index contributed by atoms with van der Waals surface area (Å²) in [4.78, 5) is 57.9. The summed E-state index contributed by atoms with van der Waals surface area (Å²) in [5.41, 5.74) is 2.32. The minimum Gasteiger partial charge on any atom is -0.494 e. The number of imide groups is 1. The number of rotatable bonds is 8. The molecule has 3 aromatic heterocycles. The van der Waals surface area contributed by atoms with E-state index in [0.29, 0.717) is 47.0 Å². The average molecular weight is 790 g/mol. The van der Waals surface area contributed by atoms with Crippen molar-refractivity contribution in [2.45, 2.75) is 75.2 Å². The molecule has 3 aliphatic rings. The van der Waals surface area contributed by atoms with Gasteiger partial charge in [0.2, 0.25) is 11.8 Å². The molecule has 0 bridgehead atoms. The molecule has 5 aromatic rings. The van der Waals surface area contributed by atoms with Gasteiger partial charge in [-0.15, -0.1) is 0 Å². The third-order valence-corrected chi connectivity index (χ3v) is 12.0. The third-order valence-electron chi connectivity index (χ3n) is 12.0. The van der Waals surface area contributed by atoms with E-state index in [1.54, 1.807) is 35.8 Å². The van der Waals surface area contributed by atoms with Crippen molar-refractivity contribution in [2.24, 2.45) is 13.0 Å². The number of anilines is 1. The number of nitrogens with one attached hydrogen (secondary N) is 2. The van der Waals surface area contributed by atoms with Crippen molar-refractivity contribution in [3.8, 4) is 5.75 Å². The second-order valence-corrected chi connectivity index (χ2v) is 15.5. The Morgan fingerprint density at radius 2 is 1.77 bits per heavy atom. The zero-order valence-electron chi connectivity index (χ0n) is 31.5. The summed E-state index contributed by atoms with van der Waals surface area (Å²) in [6.45, 7) is 1.78. The normalized spacial score (nSPS) is 23.5. The van der Waals surface area contributed by atoms with E-state index in [1.165, 1.54) is 28.4 Å². The van der Waals surface area contributed by atoms with Gasteiger partial charge in [-0.05, 0) is 80.8 Å². The minimum absolute atomic E-state index is 0.133. The molecule has 0 spiro atoms. The predicted octanol–water partition coefficient (Wildman–Crippen LogP) is 6.35. The summed E-state index contributed by atoms with van der Waals surface area (Å²) < 4.78 is 66.0. The minimum atomic E-state index is -4.58. The third kappa shape index (κ3) is 7.42. The highest BCUT2D eigenvalue weighted by Gasteiger charge is 2.37. The lowest BCUT2D eigenvalue weighted by atomic mass is 9.80. The number of nitrogens with zero attached hydrogens (tertiary/aromatic N) is 5. The van der Waals surface area contributed by atoms with Crippen LogP contribution in [0.5, 0.6) is 5.75 Å². The molecular formula is C41H43F4N7O5. The molecule has 0 radical (unpaired) electrons. The van der Waals surface area contributed by atoms with Gasteiger partial charge in [0.05, 0.1) is 29.4 Å². The number of ether oxygens (including phenoxy) is 1. The van der Waals surface area contributed by atoms with Crippen molar-refractivity contribution in [2.75, 3.05) is 32.1 Å². The van der Waals surface area contributed by atoms with Gasteiger partial charge in [-0.25, -0.2) is 14.2 Å². The van der Waals surface area contributed by atoms with Crippen LogP contribution in [0.1, 0.15) is 90.0 Å². The number of para-hydroxylation sites is 1. The van der Waals surface area contributed by atoms with E-state index in [2.05, 4.69) is 15.5 Å². The van der Waals surface area contributed by atoms with Crippen LogP contribution in [0, 0.1) is 5.92 Å². The number of fused-ring (bicyclic) bond motifs is 2. The van der Waals surface area contributed by atoms with Crippen LogP contribution in [0.4, 0.5) is 23.2 Å². The Labute approximate surface area is 324 Å². The molecule has 3 fully saturated rings. The highest BCUT2D eigenvalue weighted by molar-refractivity contribution is 6.05. The number of hydrogen-bond donors (Lipinski definition) is 2. The van der Waals surface area contributed by atoms with Gasteiger partial charge in [-0.2, -0.15) is 13.2 Å². The summed E-state index contributed by atoms with van der Waals surface area (Å²) in [5.74, 6) is -1.05. The number of alkyl halides is 4. The van der Waals surface area contributed by atoms with E-state index in [-0.39, 0.29) is 42.5 Å². The fourth-order valence-corrected chi connectivity index (χ4v) is 9.01. The van der Waals surface area contributed by atoms with Crippen molar-refractivity contribution >= 4 is 40.1 Å². The molecule has 3 amide bonds. The lowest BCUT2D eigenvalue weighted by molar-refractivity contribution is -0.138. The molecule has 16 heteroatoms. The number of benzene rings is 2. The number of carbonyl (C=O) groups excluding carboxylic acids is 3. The molecule has 3 atom stereocenters. The Balaban J connectivity index is 0.892. The summed E-state index contributed by atoms with van der Waals surface area (Å²) in [5, 5.41) is 5.01. The molecule has 2 aromatic carbocycles. The Morgan fingerprint density at radius 1 is 1.00 bits per heavy atom. The van der Waals surface area contributed by atoms with Gasteiger partial charge in [0.15, 0.2) is 0 Å². The van der Waals surface area contributed by atoms with E-state index in [9.17, 15) is 32.3 Å². The zero-order valence-corrected chi connectivity index (χ0v) is 31.5. The van der Waals surface area contributed by atoms with Crippen LogP contribution in [0.3, 0.4) is 0 Å². The van der Waals surface area contributed by atoms with E-state index in [0.717, 1.165) is 55.6 Å². The van der Waals surface area contributed by atoms with E-state index in [1.807, 2.05) is 12.3 Å². The van der Waals surface area contributed by atoms with Crippen LogP contribution in [0.2, 0.25) is 0 Å². The van der Waals surface area contributed by atoms with Crippen LogP contribution in [0.25, 0.3) is 16.7 Å². The van der Waals surface area contributed by atoms with Gasteiger partial charge in [0, 0.05) is 62.4 Å². The topological polar surface area (TPSA) is 132 Å². The van der Waals surface area contributed by atoms with Gasteiger partial charge in [0.1, 0.15) is 29.3 Å². The van der Waals surface area contributed by atoms with Crippen molar-refractivity contribution < 1.29 is 36.7 Å². The molecule has 2 saturated heterocycles. The Kier molecular flexibility index (Phi) is 10.2. The number of aromatic nitrogens is 4. The second kappa shape index (κ2) is 15.1. The molecule has 1 unspecified atom stereocenters. The predicted molar refractivity (Wildman–Crippen MR) is 203 cm³/mol. The first-order chi connectivity index (χ1) is 27.3. The van der Waals surface area contributed by atoms with Crippen LogP contribution >= 0.6 is 0 Å². The SMILES string of the molecule is COc1cc2nc(C3CCC(CN4CC[C@@H](c5cccc6c5n(C)c(=O)n6C5CCC(=O)NC5=O)[C@H](F)C4)CC3)cn2cc1NC(=O)c1cccc(C(F)(F)F)c1. The van der Waals surface area contributed by atoms with Crippen LogP contribution in [-0.4, -0.2) is 74.1 Å². The van der Waals surface area contributed by atoms with Gasteiger partial charge >= 0.3 is 11.9 Å². The number of likely N-dealkylation sites (tertiary alicyclic amines) is 1. The molecule has 300 valence electrons. The molecule has 8 rings (SSSR count). The first-order valence-corrected chi connectivity index (χ1v) is 19.2. The fourth-order valence-electron chi connectivity index (χ4n) is 9.01. The van der Waals surface area contributed by atoms with Crippen LogP contribution < -0.4 is 21.1 Å². The number of carbonyl (C=O) groups is 3. The van der Waals surface area contributed by atoms with Crippen molar-refractivity contribution in [3.05, 3.63) is 93.8 Å².